The molecule has 1 aromatic heterocycles. The molecular formula is C63H44N4O. The van der Waals surface area contributed by atoms with E-state index < -0.39 is 6.17 Å². The minimum absolute atomic E-state index is 0.416. The highest BCUT2D eigenvalue weighted by atomic mass is 16.3. The van der Waals surface area contributed by atoms with Crippen LogP contribution in [0.15, 0.2) is 269 Å². The number of fused-ring (bicyclic) bond motifs is 3. The molecule has 0 bridgehead atoms. The fourth-order valence-electron chi connectivity index (χ4n) is 9.35. The molecule has 1 aliphatic rings. The van der Waals surface area contributed by atoms with Crippen LogP contribution < -0.4 is 10.2 Å². The topological polar surface area (TPSA) is 53.1 Å². The van der Waals surface area contributed by atoms with E-state index in [0.717, 1.165) is 89.1 Å². The molecule has 10 aromatic carbocycles. The number of anilines is 3. The van der Waals surface area contributed by atoms with Crippen molar-refractivity contribution >= 4 is 50.7 Å². The van der Waals surface area contributed by atoms with Crippen LogP contribution in [0.5, 0.6) is 0 Å². The zero-order valence-electron chi connectivity index (χ0n) is 37.1. The van der Waals surface area contributed by atoms with E-state index in [1.165, 1.54) is 11.1 Å². The summed E-state index contributed by atoms with van der Waals surface area (Å²) in [6.07, 6.45) is -0.416. The molecular weight excluding hydrogens is 829 g/mol. The lowest BCUT2D eigenvalue weighted by Crippen LogP contribution is -2.33. The molecule has 322 valence electrons. The van der Waals surface area contributed by atoms with Crippen molar-refractivity contribution in [3.8, 4) is 44.5 Å². The number of hydrogen-bond donors (Lipinski definition) is 1. The summed E-state index contributed by atoms with van der Waals surface area (Å²) in [5, 5.41) is 5.76. The van der Waals surface area contributed by atoms with E-state index >= 15 is 0 Å². The van der Waals surface area contributed by atoms with Gasteiger partial charge in [0.1, 0.15) is 23.2 Å². The van der Waals surface area contributed by atoms with Crippen molar-refractivity contribution in [2.45, 2.75) is 6.17 Å². The second-order valence-electron chi connectivity index (χ2n) is 17.0. The molecule has 1 atom stereocenters. The number of nitrogens with zero attached hydrogens (tertiary/aromatic N) is 3. The summed E-state index contributed by atoms with van der Waals surface area (Å²) in [4.78, 5) is 13.1. The van der Waals surface area contributed by atoms with Gasteiger partial charge in [0.2, 0.25) is 0 Å². The zero-order chi connectivity index (χ0) is 45.2. The number of hydrogen-bond acceptors (Lipinski definition) is 5. The van der Waals surface area contributed by atoms with Crippen LogP contribution in [0.3, 0.4) is 0 Å². The maximum Gasteiger partial charge on any atom is 0.159 e. The summed E-state index contributed by atoms with van der Waals surface area (Å²) >= 11 is 0. The second kappa shape index (κ2) is 17.7. The number of benzene rings is 10. The lowest BCUT2D eigenvalue weighted by atomic mass is 9.95. The molecule has 0 saturated heterocycles. The largest absolute Gasteiger partial charge is 0.455 e. The van der Waals surface area contributed by atoms with Crippen LogP contribution in [0.2, 0.25) is 0 Å². The predicted octanol–water partition coefficient (Wildman–Crippen LogP) is 16.2. The van der Waals surface area contributed by atoms with E-state index in [9.17, 15) is 0 Å². The van der Waals surface area contributed by atoms with Crippen LogP contribution in [0.1, 0.15) is 22.9 Å². The van der Waals surface area contributed by atoms with E-state index in [1.807, 2.05) is 18.2 Å². The Morgan fingerprint density at radius 1 is 0.397 bits per heavy atom. The quantitative estimate of drug-likeness (QED) is 0.149. The third kappa shape index (κ3) is 7.82. The molecule has 0 fully saturated rings. The van der Waals surface area contributed by atoms with Gasteiger partial charge in [0.15, 0.2) is 5.84 Å². The lowest BCUT2D eigenvalue weighted by molar-refractivity contribution is 0.659. The summed E-state index contributed by atoms with van der Waals surface area (Å²) in [6.45, 7) is 0. The van der Waals surface area contributed by atoms with Gasteiger partial charge in [-0.15, -0.1) is 0 Å². The van der Waals surface area contributed by atoms with E-state index in [4.69, 9.17) is 14.4 Å². The first-order valence-electron chi connectivity index (χ1n) is 23.0. The third-order valence-electron chi connectivity index (χ3n) is 12.7. The number of aliphatic imine (C=N–C) groups is 2. The van der Waals surface area contributed by atoms with Gasteiger partial charge in [0, 0.05) is 22.3 Å². The molecule has 1 N–H and O–H groups in total. The van der Waals surface area contributed by atoms with Gasteiger partial charge in [0.25, 0.3) is 0 Å². The molecule has 5 nitrogen and oxygen atoms in total. The Bertz CT molecular complexity index is 3470. The summed E-state index contributed by atoms with van der Waals surface area (Å²) in [5.74, 6) is 1.31. The van der Waals surface area contributed by atoms with Crippen LogP contribution in [-0.2, 0) is 0 Å². The summed E-state index contributed by atoms with van der Waals surface area (Å²) < 4.78 is 7.00. The number of para-hydroxylation sites is 1. The van der Waals surface area contributed by atoms with Crippen molar-refractivity contribution < 1.29 is 4.42 Å². The van der Waals surface area contributed by atoms with Crippen molar-refractivity contribution in [2.75, 3.05) is 4.90 Å². The Morgan fingerprint density at radius 2 is 0.838 bits per heavy atom. The normalized spacial score (nSPS) is 13.4. The highest BCUT2D eigenvalue weighted by molar-refractivity contribution is 6.22. The zero-order valence-corrected chi connectivity index (χ0v) is 37.1. The molecule has 68 heavy (non-hydrogen) atoms. The van der Waals surface area contributed by atoms with Gasteiger partial charge in [-0.2, -0.15) is 0 Å². The Morgan fingerprint density at radius 3 is 1.37 bits per heavy atom. The molecule has 0 saturated carbocycles. The van der Waals surface area contributed by atoms with E-state index in [1.54, 1.807) is 0 Å². The van der Waals surface area contributed by atoms with Gasteiger partial charge >= 0.3 is 0 Å². The van der Waals surface area contributed by atoms with Crippen LogP contribution in [0.25, 0.3) is 66.4 Å². The second-order valence-corrected chi connectivity index (χ2v) is 17.0. The Balaban J connectivity index is 1.04. The Hall–Kier alpha value is -9.06. The van der Waals surface area contributed by atoms with Crippen LogP contribution in [0, 0.1) is 0 Å². The van der Waals surface area contributed by atoms with Crippen molar-refractivity contribution in [2.24, 2.45) is 9.98 Å². The predicted molar refractivity (Wildman–Crippen MR) is 282 cm³/mol. The van der Waals surface area contributed by atoms with Crippen molar-refractivity contribution in [3.63, 3.8) is 0 Å². The standard InChI is InChI=1S/C63H44N4O/c1-6-18-43(19-7-1)47-30-34-53(35-31-47)67(54-36-32-48(33-37-54)44-20-8-2-9-21-44)57-39-38-56(60-59(57)55-28-16-17-29-58(55)68-60)63-65-61(49-26-14-5-15-27-49)64-62(66-63)52-41-50(45-22-10-3-11-23-45)40-51(42-52)46-24-12-4-13-25-46/h1-42,61H,(H,64,65,66). The molecule has 0 amide bonds. The maximum absolute atomic E-state index is 7.00. The minimum Gasteiger partial charge on any atom is -0.455 e. The Kier molecular flexibility index (Phi) is 10.5. The average molecular weight is 873 g/mol. The maximum atomic E-state index is 7.00. The average Bonchev–Trinajstić information content (AvgIpc) is 3.82. The fraction of sp³-hybridized carbons (Fsp3) is 0.0159. The van der Waals surface area contributed by atoms with Gasteiger partial charge in [0.05, 0.1) is 16.6 Å². The number of nitrogens with one attached hydrogen (secondary N) is 1. The van der Waals surface area contributed by atoms with Gasteiger partial charge < -0.3 is 14.6 Å². The molecule has 11 aromatic rings. The van der Waals surface area contributed by atoms with Crippen molar-refractivity contribution in [3.05, 3.63) is 271 Å². The first-order chi connectivity index (χ1) is 33.7. The highest BCUT2D eigenvalue weighted by Gasteiger charge is 2.27. The van der Waals surface area contributed by atoms with Gasteiger partial charge in [-0.25, -0.2) is 9.98 Å². The monoisotopic (exact) mass is 872 g/mol. The first kappa shape index (κ1) is 40.4. The summed E-state index contributed by atoms with van der Waals surface area (Å²) in [7, 11) is 0. The number of furan rings is 1. The molecule has 1 aliphatic heterocycles. The Labute approximate surface area is 395 Å². The van der Waals surface area contributed by atoms with E-state index in [2.05, 4.69) is 247 Å². The van der Waals surface area contributed by atoms with Gasteiger partial charge in [-0.05, 0) is 111 Å². The van der Waals surface area contributed by atoms with Crippen LogP contribution in [0.4, 0.5) is 17.1 Å². The molecule has 1 unspecified atom stereocenters. The van der Waals surface area contributed by atoms with Gasteiger partial charge in [-0.1, -0.05) is 194 Å². The first-order valence-corrected chi connectivity index (χ1v) is 23.0. The molecule has 2 heterocycles. The van der Waals surface area contributed by atoms with Crippen LogP contribution in [-0.4, -0.2) is 11.7 Å². The van der Waals surface area contributed by atoms with Crippen molar-refractivity contribution in [1.29, 1.82) is 0 Å². The SMILES string of the molecule is c1ccc(-c2ccc(N(c3ccc(-c4ccccc4)cc3)c3ccc(C4=NC(c5cc(-c6ccccc6)cc(-c6ccccc6)c5)=NC(c5ccccc5)N4)c4oc5ccccc5c34)cc2)cc1. The van der Waals surface area contributed by atoms with Crippen LogP contribution >= 0.6 is 0 Å². The number of rotatable bonds is 10. The van der Waals surface area contributed by atoms with Crippen molar-refractivity contribution in [1.82, 2.24) is 5.32 Å². The molecule has 0 aliphatic carbocycles. The minimum atomic E-state index is -0.416. The summed E-state index contributed by atoms with van der Waals surface area (Å²) in [5.41, 5.74) is 16.4. The lowest BCUT2D eigenvalue weighted by Gasteiger charge is -2.28. The fourth-order valence-corrected chi connectivity index (χ4v) is 9.35. The van der Waals surface area contributed by atoms with E-state index in [0.29, 0.717) is 11.7 Å². The number of amidine groups is 2. The molecule has 12 rings (SSSR count). The smallest absolute Gasteiger partial charge is 0.159 e. The summed E-state index contributed by atoms with van der Waals surface area (Å²) in [6, 6.07) is 89.4. The highest BCUT2D eigenvalue weighted by Crippen LogP contribution is 2.45. The van der Waals surface area contributed by atoms with Gasteiger partial charge in [-0.3, -0.25) is 0 Å². The third-order valence-corrected chi connectivity index (χ3v) is 12.7. The molecule has 5 heteroatoms. The molecule has 0 spiro atoms. The van der Waals surface area contributed by atoms with E-state index in [-0.39, 0.29) is 0 Å². The molecule has 0 radical (unpaired) electrons.